The average Bonchev–Trinajstić information content (AvgIpc) is 2.54. The number of benzene rings is 2. The molecule has 0 aliphatic carbocycles. The molecule has 128 valence electrons. The molecular weight excluding hydrogens is 366 g/mol. The molecule has 0 aromatic heterocycles. The van der Waals surface area contributed by atoms with E-state index in [1.165, 1.54) is 5.56 Å². The van der Waals surface area contributed by atoms with Crippen LogP contribution in [-0.2, 0) is 4.79 Å². The predicted octanol–water partition coefficient (Wildman–Crippen LogP) is 5.71. The molecule has 24 heavy (non-hydrogen) atoms. The molecule has 0 bridgehead atoms. The van der Waals surface area contributed by atoms with Crippen LogP contribution in [-0.4, -0.2) is 12.5 Å². The number of ether oxygens (including phenoxy) is 1. The Labute approximate surface area is 152 Å². The van der Waals surface area contributed by atoms with Crippen LogP contribution in [0.2, 0.25) is 0 Å². The van der Waals surface area contributed by atoms with Gasteiger partial charge in [0.1, 0.15) is 5.75 Å². The Hall–Kier alpha value is -1.81. The summed E-state index contributed by atoms with van der Waals surface area (Å²) >= 11 is 3.47. The second kappa shape index (κ2) is 8.34. The third kappa shape index (κ3) is 5.10. The summed E-state index contributed by atoms with van der Waals surface area (Å²) in [6.07, 6.45) is 0. The highest BCUT2D eigenvalue weighted by atomic mass is 79.9. The maximum Gasteiger partial charge on any atom is 0.262 e. The number of hydrogen-bond acceptors (Lipinski definition) is 2. The first-order valence-corrected chi connectivity index (χ1v) is 8.98. The van der Waals surface area contributed by atoms with Crippen LogP contribution < -0.4 is 10.1 Å². The van der Waals surface area contributed by atoms with Crippen molar-refractivity contribution >= 4 is 27.5 Å². The van der Waals surface area contributed by atoms with E-state index < -0.39 is 0 Å². The van der Waals surface area contributed by atoms with E-state index in [4.69, 9.17) is 4.74 Å². The number of anilines is 1. The standard InChI is InChI=1S/C20H24BrNO2/c1-13(2)15-5-8-17(9-6-15)22-20(23)12-24-19-10-7-16(21)11-18(19)14(3)4/h5-11,13-14H,12H2,1-4H3,(H,22,23). The molecule has 0 radical (unpaired) electrons. The molecule has 2 aromatic rings. The van der Waals surface area contributed by atoms with E-state index in [1.807, 2.05) is 42.5 Å². The molecule has 0 atom stereocenters. The van der Waals surface area contributed by atoms with Crippen LogP contribution in [0.25, 0.3) is 0 Å². The van der Waals surface area contributed by atoms with Crippen molar-refractivity contribution < 1.29 is 9.53 Å². The monoisotopic (exact) mass is 389 g/mol. The van der Waals surface area contributed by atoms with Crippen molar-refractivity contribution in [2.24, 2.45) is 0 Å². The van der Waals surface area contributed by atoms with Gasteiger partial charge in [0, 0.05) is 10.2 Å². The summed E-state index contributed by atoms with van der Waals surface area (Å²) in [6, 6.07) is 13.8. The lowest BCUT2D eigenvalue weighted by atomic mass is 10.0. The van der Waals surface area contributed by atoms with E-state index in [-0.39, 0.29) is 12.5 Å². The molecule has 2 aromatic carbocycles. The van der Waals surface area contributed by atoms with Crippen LogP contribution >= 0.6 is 15.9 Å². The first-order valence-electron chi connectivity index (χ1n) is 8.19. The van der Waals surface area contributed by atoms with Gasteiger partial charge in [-0.25, -0.2) is 0 Å². The zero-order chi connectivity index (χ0) is 17.7. The molecule has 1 amide bonds. The van der Waals surface area contributed by atoms with Gasteiger partial charge in [0.2, 0.25) is 0 Å². The Bertz CT molecular complexity index is 693. The van der Waals surface area contributed by atoms with Crippen LogP contribution in [0.5, 0.6) is 5.75 Å². The Balaban J connectivity index is 1.96. The van der Waals surface area contributed by atoms with E-state index in [0.29, 0.717) is 11.8 Å². The van der Waals surface area contributed by atoms with Crippen molar-refractivity contribution in [3.05, 3.63) is 58.1 Å². The number of hydrogen-bond donors (Lipinski definition) is 1. The summed E-state index contributed by atoms with van der Waals surface area (Å²) in [7, 11) is 0. The molecule has 0 heterocycles. The van der Waals surface area contributed by atoms with Gasteiger partial charge in [-0.2, -0.15) is 0 Å². The molecule has 1 N–H and O–H groups in total. The van der Waals surface area contributed by atoms with Crippen molar-refractivity contribution in [3.8, 4) is 5.75 Å². The van der Waals surface area contributed by atoms with Gasteiger partial charge in [0.05, 0.1) is 0 Å². The minimum absolute atomic E-state index is 0.00666. The lowest BCUT2D eigenvalue weighted by Gasteiger charge is -2.14. The summed E-state index contributed by atoms with van der Waals surface area (Å²) in [5.74, 6) is 1.39. The Morgan fingerprint density at radius 2 is 1.71 bits per heavy atom. The smallest absolute Gasteiger partial charge is 0.262 e. The highest BCUT2D eigenvalue weighted by molar-refractivity contribution is 9.10. The normalized spacial score (nSPS) is 11.0. The molecule has 3 nitrogen and oxygen atoms in total. The van der Waals surface area contributed by atoms with Crippen LogP contribution in [0.15, 0.2) is 46.9 Å². The van der Waals surface area contributed by atoms with Gasteiger partial charge in [0.25, 0.3) is 5.91 Å². The topological polar surface area (TPSA) is 38.3 Å². The quantitative estimate of drug-likeness (QED) is 0.686. The summed E-state index contributed by atoms with van der Waals surface area (Å²) < 4.78 is 6.72. The van der Waals surface area contributed by atoms with Crippen LogP contribution in [0.3, 0.4) is 0 Å². The van der Waals surface area contributed by atoms with Gasteiger partial charge in [-0.1, -0.05) is 55.8 Å². The van der Waals surface area contributed by atoms with Gasteiger partial charge < -0.3 is 10.1 Å². The van der Waals surface area contributed by atoms with Gasteiger partial charge in [-0.05, 0) is 53.3 Å². The highest BCUT2D eigenvalue weighted by Gasteiger charge is 2.11. The second-order valence-electron chi connectivity index (χ2n) is 6.45. The van der Waals surface area contributed by atoms with Crippen LogP contribution in [0, 0.1) is 0 Å². The fraction of sp³-hybridized carbons (Fsp3) is 0.350. The fourth-order valence-electron chi connectivity index (χ4n) is 2.39. The number of carbonyl (C=O) groups excluding carboxylic acids is 1. The van der Waals surface area contributed by atoms with Crippen molar-refractivity contribution in [1.82, 2.24) is 0 Å². The minimum atomic E-state index is -0.162. The van der Waals surface area contributed by atoms with Crippen LogP contribution in [0.1, 0.15) is 50.7 Å². The molecule has 0 saturated heterocycles. The minimum Gasteiger partial charge on any atom is -0.483 e. The molecule has 2 rings (SSSR count). The molecule has 0 aliphatic heterocycles. The second-order valence-corrected chi connectivity index (χ2v) is 7.37. The van der Waals surface area contributed by atoms with E-state index >= 15 is 0 Å². The number of nitrogens with one attached hydrogen (secondary N) is 1. The molecule has 0 saturated carbocycles. The third-order valence-electron chi connectivity index (χ3n) is 3.81. The molecule has 0 unspecified atom stereocenters. The average molecular weight is 390 g/mol. The zero-order valence-electron chi connectivity index (χ0n) is 14.6. The summed E-state index contributed by atoms with van der Waals surface area (Å²) in [4.78, 5) is 12.1. The van der Waals surface area contributed by atoms with Crippen molar-refractivity contribution in [2.75, 3.05) is 11.9 Å². The summed E-state index contributed by atoms with van der Waals surface area (Å²) in [5, 5.41) is 2.87. The first kappa shape index (κ1) is 18.5. The fourth-order valence-corrected chi connectivity index (χ4v) is 2.77. The summed E-state index contributed by atoms with van der Waals surface area (Å²) in [5.41, 5.74) is 3.12. The van der Waals surface area contributed by atoms with E-state index in [2.05, 4.69) is 48.9 Å². The maximum atomic E-state index is 12.1. The largest absolute Gasteiger partial charge is 0.483 e. The SMILES string of the molecule is CC(C)c1ccc(NC(=O)COc2ccc(Br)cc2C(C)C)cc1. The third-order valence-corrected chi connectivity index (χ3v) is 4.31. The first-order chi connectivity index (χ1) is 11.4. The lowest BCUT2D eigenvalue weighted by Crippen LogP contribution is -2.20. The van der Waals surface area contributed by atoms with Gasteiger partial charge in [-0.3, -0.25) is 4.79 Å². The predicted molar refractivity (Wildman–Crippen MR) is 103 cm³/mol. The molecule has 0 aliphatic rings. The number of halogens is 1. The number of amides is 1. The lowest BCUT2D eigenvalue weighted by molar-refractivity contribution is -0.118. The summed E-state index contributed by atoms with van der Waals surface area (Å²) in [6.45, 7) is 8.49. The number of rotatable bonds is 6. The highest BCUT2D eigenvalue weighted by Crippen LogP contribution is 2.29. The van der Waals surface area contributed by atoms with Crippen molar-refractivity contribution in [2.45, 2.75) is 39.5 Å². The Kier molecular flexibility index (Phi) is 6.44. The van der Waals surface area contributed by atoms with Crippen molar-refractivity contribution in [3.63, 3.8) is 0 Å². The Morgan fingerprint density at radius 3 is 2.29 bits per heavy atom. The maximum absolute atomic E-state index is 12.1. The van der Waals surface area contributed by atoms with Gasteiger partial charge >= 0.3 is 0 Å². The van der Waals surface area contributed by atoms with Crippen LogP contribution in [0.4, 0.5) is 5.69 Å². The van der Waals surface area contributed by atoms with Gasteiger partial charge in [0.15, 0.2) is 6.61 Å². The van der Waals surface area contributed by atoms with Crippen molar-refractivity contribution in [1.29, 1.82) is 0 Å². The van der Waals surface area contributed by atoms with E-state index in [0.717, 1.165) is 21.5 Å². The molecule has 0 spiro atoms. The van der Waals surface area contributed by atoms with E-state index in [1.54, 1.807) is 0 Å². The Morgan fingerprint density at radius 1 is 1.04 bits per heavy atom. The zero-order valence-corrected chi connectivity index (χ0v) is 16.2. The van der Waals surface area contributed by atoms with Gasteiger partial charge in [-0.15, -0.1) is 0 Å². The molecule has 4 heteroatoms. The molecular formula is C20H24BrNO2. The number of carbonyl (C=O) groups is 1. The van der Waals surface area contributed by atoms with E-state index in [9.17, 15) is 4.79 Å². The molecule has 0 fully saturated rings.